The van der Waals surface area contributed by atoms with Crippen LogP contribution in [0, 0.1) is 0 Å². The smallest absolute Gasteiger partial charge is 0.342 e. The number of aliphatic hydroxyl groups is 1. The number of carbonyl (C=O) groups is 3. The van der Waals surface area contributed by atoms with Crippen molar-refractivity contribution in [1.82, 2.24) is 0 Å². The number of rotatable bonds is 6. The number of allylic oxidation sites excluding steroid dienone is 1. The van der Waals surface area contributed by atoms with Gasteiger partial charge in [0.1, 0.15) is 12.2 Å². The van der Waals surface area contributed by atoms with E-state index in [2.05, 4.69) is 11.3 Å². The van der Waals surface area contributed by atoms with Gasteiger partial charge in [-0.15, -0.1) is 0 Å². The summed E-state index contributed by atoms with van der Waals surface area (Å²) in [7, 11) is 0. The second kappa shape index (κ2) is 6.52. The molecule has 6 nitrogen and oxygen atoms in total. The number of hydrogen-bond donors (Lipinski definition) is 2. The van der Waals surface area contributed by atoms with E-state index in [-0.39, 0.29) is 12.2 Å². The van der Waals surface area contributed by atoms with Crippen LogP contribution in [0.1, 0.15) is 6.92 Å². The molecule has 16 heavy (non-hydrogen) atoms. The van der Waals surface area contributed by atoms with E-state index in [1.807, 2.05) is 0 Å². The van der Waals surface area contributed by atoms with Crippen molar-refractivity contribution in [3.05, 3.63) is 23.8 Å². The molecule has 0 amide bonds. The van der Waals surface area contributed by atoms with Gasteiger partial charge in [0.15, 0.2) is 5.78 Å². The van der Waals surface area contributed by atoms with Crippen molar-refractivity contribution in [1.29, 1.82) is 0 Å². The Morgan fingerprint density at radius 1 is 1.38 bits per heavy atom. The number of carboxylic acids is 1. The molecule has 0 aliphatic rings. The van der Waals surface area contributed by atoms with Crippen LogP contribution in [0.25, 0.3) is 0 Å². The lowest BCUT2D eigenvalue weighted by atomic mass is 10.1. The number of aliphatic hydroxyl groups excluding tert-OH is 1. The molecule has 2 N–H and O–H groups in total. The van der Waals surface area contributed by atoms with Gasteiger partial charge in [-0.05, 0) is 12.5 Å². The average molecular weight is 228 g/mol. The Morgan fingerprint density at radius 3 is 2.31 bits per heavy atom. The van der Waals surface area contributed by atoms with Crippen LogP contribution in [-0.4, -0.2) is 41.1 Å². The zero-order valence-electron chi connectivity index (χ0n) is 8.73. The Balaban J connectivity index is 4.96. The summed E-state index contributed by atoms with van der Waals surface area (Å²) >= 11 is 0. The van der Waals surface area contributed by atoms with Crippen molar-refractivity contribution in [2.75, 3.05) is 13.2 Å². The van der Waals surface area contributed by atoms with E-state index in [9.17, 15) is 14.4 Å². The molecule has 0 radical (unpaired) electrons. The molecule has 0 aliphatic carbocycles. The van der Waals surface area contributed by atoms with Crippen LogP contribution in [0.2, 0.25) is 0 Å². The minimum atomic E-state index is -1.44. The van der Waals surface area contributed by atoms with Gasteiger partial charge in [0.25, 0.3) is 0 Å². The van der Waals surface area contributed by atoms with Crippen molar-refractivity contribution in [3.63, 3.8) is 0 Å². The first-order chi connectivity index (χ1) is 7.40. The quantitative estimate of drug-likeness (QED) is 0.279. The summed E-state index contributed by atoms with van der Waals surface area (Å²) in [5.41, 5.74) is -0.595. The zero-order chi connectivity index (χ0) is 12.7. The first-order valence-corrected chi connectivity index (χ1v) is 4.33. The molecule has 6 heteroatoms. The Labute approximate surface area is 91.8 Å². The fourth-order valence-corrected chi connectivity index (χ4v) is 0.787. The van der Waals surface area contributed by atoms with Gasteiger partial charge >= 0.3 is 11.9 Å². The molecule has 0 fully saturated rings. The zero-order valence-corrected chi connectivity index (χ0v) is 8.73. The van der Waals surface area contributed by atoms with Gasteiger partial charge in [-0.3, -0.25) is 4.79 Å². The number of Topliss-reactive ketones (excluding diaryl/α,β-unsaturated/α-hetero) is 1. The van der Waals surface area contributed by atoms with Gasteiger partial charge in [-0.2, -0.15) is 0 Å². The summed E-state index contributed by atoms with van der Waals surface area (Å²) in [5, 5.41) is 16.9. The molecule has 0 aromatic heterocycles. The van der Waals surface area contributed by atoms with Gasteiger partial charge in [0, 0.05) is 6.08 Å². The summed E-state index contributed by atoms with van der Waals surface area (Å²) in [6, 6.07) is 0. The third kappa shape index (κ3) is 4.52. The number of hydrogen-bond acceptors (Lipinski definition) is 5. The third-order valence-electron chi connectivity index (χ3n) is 1.44. The van der Waals surface area contributed by atoms with Crippen molar-refractivity contribution >= 4 is 17.7 Å². The van der Waals surface area contributed by atoms with E-state index < -0.39 is 29.9 Å². The first kappa shape index (κ1) is 14.1. The molecule has 0 aromatic rings. The maximum absolute atomic E-state index is 11.4. The minimum absolute atomic E-state index is 0.0217. The van der Waals surface area contributed by atoms with Crippen LogP contribution in [0.15, 0.2) is 23.8 Å². The molecule has 0 heterocycles. The maximum Gasteiger partial charge on any atom is 0.342 e. The lowest BCUT2D eigenvalue weighted by Crippen LogP contribution is -2.19. The van der Waals surface area contributed by atoms with Crippen LogP contribution in [0.3, 0.4) is 0 Å². The Morgan fingerprint density at radius 2 is 1.94 bits per heavy atom. The summed E-state index contributed by atoms with van der Waals surface area (Å²) in [4.78, 5) is 33.0. The Hall–Kier alpha value is -1.95. The summed E-state index contributed by atoms with van der Waals surface area (Å²) in [6.45, 7) is 3.93. The summed E-state index contributed by atoms with van der Waals surface area (Å²) in [5.74, 6) is -3.33. The highest BCUT2D eigenvalue weighted by Crippen LogP contribution is 2.06. The Bertz CT molecular complexity index is 352. The number of ketones is 1. The lowest BCUT2D eigenvalue weighted by molar-refractivity contribution is -0.142. The van der Waals surface area contributed by atoms with Crippen molar-refractivity contribution < 1.29 is 29.3 Å². The average Bonchev–Trinajstić information content (AvgIpc) is 2.21. The van der Waals surface area contributed by atoms with Crippen LogP contribution in [0.4, 0.5) is 0 Å². The van der Waals surface area contributed by atoms with E-state index in [4.69, 9.17) is 10.2 Å². The molecular weight excluding hydrogens is 216 g/mol. The first-order valence-electron chi connectivity index (χ1n) is 4.33. The predicted molar refractivity (Wildman–Crippen MR) is 53.6 cm³/mol. The third-order valence-corrected chi connectivity index (χ3v) is 1.44. The number of aliphatic carboxylic acids is 1. The van der Waals surface area contributed by atoms with Gasteiger partial charge in [0.05, 0.1) is 6.61 Å². The number of ether oxygens (including phenoxy) is 1. The van der Waals surface area contributed by atoms with Gasteiger partial charge in [0.2, 0.25) is 0 Å². The molecule has 0 rings (SSSR count). The van der Waals surface area contributed by atoms with Crippen LogP contribution in [0.5, 0.6) is 0 Å². The maximum atomic E-state index is 11.4. The van der Waals surface area contributed by atoms with Gasteiger partial charge < -0.3 is 14.9 Å². The number of carbonyl (C=O) groups excluding carboxylic acids is 2. The topological polar surface area (TPSA) is 101 Å². The number of esters is 1. The van der Waals surface area contributed by atoms with Gasteiger partial charge in [-0.1, -0.05) is 6.58 Å². The van der Waals surface area contributed by atoms with Crippen LogP contribution in [-0.2, 0) is 19.1 Å². The molecular formula is C10H12O6. The number of carboxylic acid groups (broad SMARTS) is 1. The molecule has 88 valence electrons. The lowest BCUT2D eigenvalue weighted by Gasteiger charge is -2.05. The standard InChI is InChI=1S/C10H12O6/c1-6(2)9(14)7(5-8(12)13)10(15)16-4-3-11/h5,11H,1,3-4H2,2H3,(H,12,13)/b7-5-. The van der Waals surface area contributed by atoms with E-state index in [0.717, 1.165) is 0 Å². The molecule has 0 saturated carbocycles. The molecule has 0 aliphatic heterocycles. The highest BCUT2D eigenvalue weighted by atomic mass is 16.5. The van der Waals surface area contributed by atoms with Crippen molar-refractivity contribution in [2.24, 2.45) is 0 Å². The van der Waals surface area contributed by atoms with Crippen molar-refractivity contribution in [3.8, 4) is 0 Å². The fraction of sp³-hybridized carbons (Fsp3) is 0.300. The molecule has 0 spiro atoms. The fourth-order valence-electron chi connectivity index (χ4n) is 0.787. The van der Waals surface area contributed by atoms with Gasteiger partial charge in [-0.25, -0.2) is 9.59 Å². The monoisotopic (exact) mass is 228 g/mol. The predicted octanol–water partition coefficient (Wildman–Crippen LogP) is -0.322. The Kier molecular flexibility index (Phi) is 5.72. The van der Waals surface area contributed by atoms with E-state index in [1.54, 1.807) is 0 Å². The SMILES string of the molecule is C=C(C)C(=O)/C(=C/C(=O)O)C(=O)OCCO. The second-order valence-electron chi connectivity index (χ2n) is 2.87. The van der Waals surface area contributed by atoms with Crippen molar-refractivity contribution in [2.45, 2.75) is 6.92 Å². The molecule has 0 bridgehead atoms. The molecule has 0 atom stereocenters. The van der Waals surface area contributed by atoms with Crippen LogP contribution >= 0.6 is 0 Å². The highest BCUT2D eigenvalue weighted by Gasteiger charge is 2.21. The molecule has 0 unspecified atom stereocenters. The summed E-state index contributed by atoms with van der Waals surface area (Å²) < 4.78 is 4.44. The molecule has 0 saturated heterocycles. The molecule has 0 aromatic carbocycles. The largest absolute Gasteiger partial charge is 0.478 e. The van der Waals surface area contributed by atoms with E-state index in [1.165, 1.54) is 6.92 Å². The van der Waals surface area contributed by atoms with E-state index in [0.29, 0.717) is 6.08 Å². The highest BCUT2D eigenvalue weighted by molar-refractivity contribution is 6.25. The normalized spacial score (nSPS) is 10.8. The minimum Gasteiger partial charge on any atom is -0.478 e. The summed E-state index contributed by atoms with van der Waals surface area (Å²) in [6.07, 6.45) is 0.455. The second-order valence-corrected chi connectivity index (χ2v) is 2.87. The van der Waals surface area contributed by atoms with E-state index >= 15 is 0 Å². The van der Waals surface area contributed by atoms with Crippen LogP contribution < -0.4 is 0 Å².